The summed E-state index contributed by atoms with van der Waals surface area (Å²) in [7, 11) is 0. The lowest BCUT2D eigenvalue weighted by atomic mass is 10.1. The minimum atomic E-state index is -0.248. The molecule has 5 nitrogen and oxygen atoms in total. The molecule has 0 radical (unpaired) electrons. The van der Waals surface area contributed by atoms with Gasteiger partial charge in [0, 0.05) is 19.2 Å². The van der Waals surface area contributed by atoms with Crippen molar-refractivity contribution in [3.63, 3.8) is 0 Å². The molecule has 2 heterocycles. The van der Waals surface area contributed by atoms with Crippen molar-refractivity contribution < 1.29 is 9.59 Å². The number of nitrogens with zero attached hydrogens (tertiary/aromatic N) is 3. The molecule has 0 aromatic carbocycles. The Labute approximate surface area is 101 Å². The summed E-state index contributed by atoms with van der Waals surface area (Å²) in [6.45, 7) is 5.85. The maximum Gasteiger partial charge on any atom is 0.324 e. The zero-order valence-corrected chi connectivity index (χ0v) is 10.3. The predicted octanol–water partition coefficient (Wildman–Crippen LogP) is 1.41. The number of urea groups is 1. The van der Waals surface area contributed by atoms with E-state index in [9.17, 15) is 9.59 Å². The summed E-state index contributed by atoms with van der Waals surface area (Å²) >= 11 is 0. The Morgan fingerprint density at radius 3 is 2.59 bits per heavy atom. The first-order valence-corrected chi connectivity index (χ1v) is 6.07. The summed E-state index contributed by atoms with van der Waals surface area (Å²) < 4.78 is 0. The van der Waals surface area contributed by atoms with Gasteiger partial charge in [-0.2, -0.15) is 0 Å². The molecule has 2 aliphatic heterocycles. The molecular formula is C12H17N3O2. The molecule has 2 aliphatic rings. The smallest absolute Gasteiger partial charge is 0.318 e. The number of hydrogen-bond acceptors (Lipinski definition) is 2. The molecule has 0 aromatic heterocycles. The molecule has 2 rings (SSSR count). The van der Waals surface area contributed by atoms with Crippen LogP contribution in [0.2, 0.25) is 0 Å². The number of rotatable bonds is 4. The van der Waals surface area contributed by atoms with Crippen LogP contribution in [0.15, 0.2) is 16.8 Å². The Hall–Kier alpha value is -1.65. The van der Waals surface area contributed by atoms with E-state index in [4.69, 9.17) is 0 Å². The van der Waals surface area contributed by atoms with E-state index in [2.05, 4.69) is 4.99 Å². The second-order valence-electron chi connectivity index (χ2n) is 4.28. The largest absolute Gasteiger partial charge is 0.324 e. The molecule has 3 amide bonds. The maximum absolute atomic E-state index is 12.2. The van der Waals surface area contributed by atoms with Crippen LogP contribution in [-0.2, 0) is 4.79 Å². The average Bonchev–Trinajstić information content (AvgIpc) is 2.65. The van der Waals surface area contributed by atoms with Crippen molar-refractivity contribution in [3.8, 4) is 0 Å². The van der Waals surface area contributed by atoms with E-state index in [0.717, 1.165) is 18.6 Å². The zero-order chi connectivity index (χ0) is 12.4. The molecule has 0 spiro atoms. The van der Waals surface area contributed by atoms with Gasteiger partial charge in [0.25, 0.3) is 5.91 Å². The van der Waals surface area contributed by atoms with Crippen LogP contribution < -0.4 is 0 Å². The molecule has 0 bridgehead atoms. The van der Waals surface area contributed by atoms with Gasteiger partial charge >= 0.3 is 6.03 Å². The normalized spacial score (nSPS) is 19.4. The number of carbonyl (C=O) groups excluding carboxylic acids is 2. The molecular weight excluding hydrogens is 218 g/mol. The van der Waals surface area contributed by atoms with Crippen molar-refractivity contribution in [1.82, 2.24) is 9.80 Å². The fourth-order valence-electron chi connectivity index (χ4n) is 2.18. The van der Waals surface area contributed by atoms with Crippen LogP contribution in [0.5, 0.6) is 0 Å². The molecule has 0 aromatic rings. The number of amides is 3. The minimum Gasteiger partial charge on any atom is -0.318 e. The number of fused-ring (bicyclic) bond motifs is 1. The van der Waals surface area contributed by atoms with E-state index in [0.29, 0.717) is 25.3 Å². The highest BCUT2D eigenvalue weighted by atomic mass is 16.2. The van der Waals surface area contributed by atoms with Crippen LogP contribution in [0, 0.1) is 0 Å². The summed E-state index contributed by atoms with van der Waals surface area (Å²) in [6, 6.07) is -0.00593. The third-order valence-corrected chi connectivity index (χ3v) is 2.87. The second kappa shape index (κ2) is 4.69. The second-order valence-corrected chi connectivity index (χ2v) is 4.28. The van der Waals surface area contributed by atoms with E-state index >= 15 is 0 Å². The quantitative estimate of drug-likeness (QED) is 0.739. The number of aliphatic imine (C=N–C) groups is 1. The monoisotopic (exact) mass is 235 g/mol. The molecule has 0 unspecified atom stereocenters. The molecule has 0 atom stereocenters. The van der Waals surface area contributed by atoms with E-state index < -0.39 is 0 Å². The van der Waals surface area contributed by atoms with Gasteiger partial charge in [0.05, 0.1) is 18.0 Å². The van der Waals surface area contributed by atoms with E-state index in [1.165, 1.54) is 6.08 Å². The Bertz CT molecular complexity index is 412. The Balaban J connectivity index is 2.27. The highest BCUT2D eigenvalue weighted by Crippen LogP contribution is 2.22. The molecule has 92 valence electrons. The molecule has 5 heteroatoms. The highest BCUT2D eigenvalue weighted by molar-refractivity contribution is 6.20. The predicted molar refractivity (Wildman–Crippen MR) is 64.8 cm³/mol. The lowest BCUT2D eigenvalue weighted by Crippen LogP contribution is -2.52. The van der Waals surface area contributed by atoms with Crippen molar-refractivity contribution in [2.45, 2.75) is 26.7 Å². The molecule has 0 aliphatic carbocycles. The first kappa shape index (κ1) is 11.8. The molecule has 17 heavy (non-hydrogen) atoms. The van der Waals surface area contributed by atoms with Gasteiger partial charge in [-0.25, -0.2) is 9.79 Å². The first-order chi connectivity index (χ1) is 8.17. The number of hydrogen-bond donors (Lipinski definition) is 0. The van der Waals surface area contributed by atoms with Crippen LogP contribution >= 0.6 is 0 Å². The van der Waals surface area contributed by atoms with Crippen LogP contribution in [-0.4, -0.2) is 47.1 Å². The Kier molecular flexibility index (Phi) is 3.26. The summed E-state index contributed by atoms with van der Waals surface area (Å²) in [6.07, 6.45) is 3.24. The van der Waals surface area contributed by atoms with Gasteiger partial charge in [0.15, 0.2) is 0 Å². The standard InChI is InChI=1S/C12H17N3O2/c1-3-5-14-8-9-10(7-11(16)13-9)15(6-4-2)12(14)17/h7H,3-6,8H2,1-2H3. The highest BCUT2D eigenvalue weighted by Gasteiger charge is 2.35. The van der Waals surface area contributed by atoms with Crippen molar-refractivity contribution in [1.29, 1.82) is 0 Å². The lowest BCUT2D eigenvalue weighted by Gasteiger charge is -2.36. The number of carbonyl (C=O) groups is 2. The minimum absolute atomic E-state index is 0.00593. The van der Waals surface area contributed by atoms with Crippen LogP contribution in [0.3, 0.4) is 0 Å². The third kappa shape index (κ3) is 2.09. The SMILES string of the molecule is CCCN1CC2=NC(=O)C=C2N(CCC)C1=O. The average molecular weight is 235 g/mol. The van der Waals surface area contributed by atoms with Gasteiger partial charge in [-0.1, -0.05) is 13.8 Å². The van der Waals surface area contributed by atoms with Gasteiger partial charge < -0.3 is 4.90 Å². The van der Waals surface area contributed by atoms with E-state index in [-0.39, 0.29) is 11.9 Å². The third-order valence-electron chi connectivity index (χ3n) is 2.87. The zero-order valence-electron chi connectivity index (χ0n) is 10.3. The first-order valence-electron chi connectivity index (χ1n) is 6.07. The van der Waals surface area contributed by atoms with Crippen molar-refractivity contribution >= 4 is 17.6 Å². The molecule has 1 fully saturated rings. The summed E-state index contributed by atoms with van der Waals surface area (Å²) in [5, 5.41) is 0. The van der Waals surface area contributed by atoms with Crippen molar-refractivity contribution in [2.24, 2.45) is 4.99 Å². The summed E-state index contributed by atoms with van der Waals surface area (Å²) in [5.74, 6) is -0.248. The van der Waals surface area contributed by atoms with Crippen LogP contribution in [0.1, 0.15) is 26.7 Å². The van der Waals surface area contributed by atoms with Crippen molar-refractivity contribution in [2.75, 3.05) is 19.6 Å². The summed E-state index contributed by atoms with van der Waals surface area (Å²) in [5.41, 5.74) is 1.44. The molecule has 0 N–H and O–H groups in total. The van der Waals surface area contributed by atoms with E-state index in [1.54, 1.807) is 9.80 Å². The maximum atomic E-state index is 12.2. The Morgan fingerprint density at radius 2 is 1.94 bits per heavy atom. The van der Waals surface area contributed by atoms with Gasteiger partial charge in [-0.3, -0.25) is 9.69 Å². The van der Waals surface area contributed by atoms with Gasteiger partial charge in [-0.15, -0.1) is 0 Å². The molecule has 1 saturated heterocycles. The van der Waals surface area contributed by atoms with Gasteiger partial charge in [0.2, 0.25) is 0 Å². The Morgan fingerprint density at radius 1 is 1.24 bits per heavy atom. The summed E-state index contributed by atoms with van der Waals surface area (Å²) in [4.78, 5) is 30.9. The topological polar surface area (TPSA) is 53.0 Å². The fourth-order valence-corrected chi connectivity index (χ4v) is 2.18. The molecule has 0 saturated carbocycles. The van der Waals surface area contributed by atoms with Gasteiger partial charge in [0.1, 0.15) is 0 Å². The van der Waals surface area contributed by atoms with Gasteiger partial charge in [-0.05, 0) is 12.8 Å². The lowest BCUT2D eigenvalue weighted by molar-refractivity contribution is -0.113. The fraction of sp³-hybridized carbons (Fsp3) is 0.583. The van der Waals surface area contributed by atoms with Crippen LogP contribution in [0.25, 0.3) is 0 Å². The van der Waals surface area contributed by atoms with Crippen LogP contribution in [0.4, 0.5) is 4.79 Å². The van der Waals surface area contributed by atoms with E-state index in [1.807, 2.05) is 13.8 Å². The van der Waals surface area contributed by atoms with Crippen molar-refractivity contribution in [3.05, 3.63) is 11.8 Å².